The topological polar surface area (TPSA) is 107 Å². The average Bonchev–Trinajstić information content (AvgIpc) is 2.32. The number of aliphatic carboxylic acids is 2. The summed E-state index contributed by atoms with van der Waals surface area (Å²) in [4.78, 5) is 20.3. The number of hydrogen-bond acceptors (Lipinski definition) is 4. The highest BCUT2D eigenvalue weighted by Crippen LogP contribution is 2.08. The number of carboxylic acids is 2. The number of nitrogens with one attached hydrogen (secondary N) is 1. The van der Waals surface area contributed by atoms with E-state index in [1.807, 2.05) is 0 Å². The van der Waals surface area contributed by atoms with E-state index in [1.54, 1.807) is 14.0 Å². The van der Waals surface area contributed by atoms with Crippen LogP contribution in [0.15, 0.2) is 0 Å². The number of carbonyl (C=O) groups is 2. The molecule has 6 heteroatoms. The van der Waals surface area contributed by atoms with Gasteiger partial charge < -0.3 is 15.3 Å². The van der Waals surface area contributed by atoms with Crippen molar-refractivity contribution in [2.75, 3.05) is 7.05 Å². The van der Waals surface area contributed by atoms with Crippen LogP contribution >= 0.6 is 0 Å². The first-order valence-electron chi connectivity index (χ1n) is 6.69. The smallest absolute Gasteiger partial charge is 0.303 e. The van der Waals surface area contributed by atoms with Gasteiger partial charge in [-0.1, -0.05) is 25.7 Å². The zero-order valence-electron chi connectivity index (χ0n) is 11.9. The van der Waals surface area contributed by atoms with E-state index in [0.717, 1.165) is 38.5 Å². The molecule has 0 aromatic rings. The van der Waals surface area contributed by atoms with Gasteiger partial charge in [0.1, 0.15) is 6.23 Å². The largest absolute Gasteiger partial charge is 0.481 e. The molecular weight excluding hydrogens is 250 g/mol. The van der Waals surface area contributed by atoms with Crippen molar-refractivity contribution < 1.29 is 24.9 Å². The second-order valence-corrected chi connectivity index (χ2v) is 4.37. The van der Waals surface area contributed by atoms with Crippen LogP contribution in [0.3, 0.4) is 0 Å². The zero-order chi connectivity index (χ0) is 15.1. The third-order valence-electron chi connectivity index (χ3n) is 2.45. The van der Waals surface area contributed by atoms with E-state index in [9.17, 15) is 9.59 Å². The molecule has 0 rings (SSSR count). The SMILES string of the molecule is CNC(C)O.O=C(O)CCCCCCCCC(=O)O. The molecule has 0 aliphatic carbocycles. The van der Waals surface area contributed by atoms with Gasteiger partial charge in [0.05, 0.1) is 0 Å². The molecule has 0 fully saturated rings. The van der Waals surface area contributed by atoms with Crippen LogP contribution in [0, 0.1) is 0 Å². The van der Waals surface area contributed by atoms with Gasteiger partial charge in [0, 0.05) is 12.8 Å². The Morgan fingerprint density at radius 1 is 0.895 bits per heavy atom. The standard InChI is InChI=1S/C10H18O4.C3H9NO/c11-9(12)7-5-3-1-2-4-6-8-10(13)14;1-3(5)4-2/h1-8H2,(H,11,12)(H,13,14);3-5H,1-2H3. The molecule has 0 aliphatic rings. The fourth-order valence-electron chi connectivity index (χ4n) is 1.26. The summed E-state index contributed by atoms with van der Waals surface area (Å²) in [6.45, 7) is 1.67. The quantitative estimate of drug-likeness (QED) is 0.358. The number of rotatable bonds is 10. The molecular formula is C13H27NO5. The number of carboxylic acid groups (broad SMARTS) is 2. The van der Waals surface area contributed by atoms with Crippen molar-refractivity contribution in [1.82, 2.24) is 5.32 Å². The first-order valence-corrected chi connectivity index (χ1v) is 6.69. The van der Waals surface area contributed by atoms with Crippen molar-refractivity contribution in [3.63, 3.8) is 0 Å². The molecule has 19 heavy (non-hydrogen) atoms. The van der Waals surface area contributed by atoms with Crippen LogP contribution in [0.2, 0.25) is 0 Å². The Kier molecular flexibility index (Phi) is 15.8. The van der Waals surface area contributed by atoms with Crippen molar-refractivity contribution in [1.29, 1.82) is 0 Å². The Hall–Kier alpha value is -1.14. The highest BCUT2D eigenvalue weighted by atomic mass is 16.4. The summed E-state index contributed by atoms with van der Waals surface area (Å²) in [5, 5.41) is 27.5. The van der Waals surface area contributed by atoms with Gasteiger partial charge in [-0.15, -0.1) is 0 Å². The fraction of sp³-hybridized carbons (Fsp3) is 0.846. The normalized spacial score (nSPS) is 11.3. The number of hydrogen-bond donors (Lipinski definition) is 4. The fourth-order valence-corrected chi connectivity index (χ4v) is 1.26. The Morgan fingerprint density at radius 2 is 1.16 bits per heavy atom. The van der Waals surface area contributed by atoms with E-state index < -0.39 is 11.9 Å². The van der Waals surface area contributed by atoms with Gasteiger partial charge in [0.25, 0.3) is 0 Å². The molecule has 0 spiro atoms. The molecule has 0 aromatic carbocycles. The first kappa shape index (κ1) is 20.2. The van der Waals surface area contributed by atoms with Gasteiger partial charge in [-0.3, -0.25) is 14.9 Å². The lowest BCUT2D eigenvalue weighted by Crippen LogP contribution is -2.19. The van der Waals surface area contributed by atoms with E-state index in [1.165, 1.54) is 0 Å². The lowest BCUT2D eigenvalue weighted by molar-refractivity contribution is -0.138. The average molecular weight is 277 g/mol. The van der Waals surface area contributed by atoms with Crippen LogP contribution in [0.25, 0.3) is 0 Å². The minimum atomic E-state index is -0.740. The van der Waals surface area contributed by atoms with Crippen molar-refractivity contribution >= 4 is 11.9 Å². The predicted molar refractivity (Wildman–Crippen MR) is 72.9 cm³/mol. The third-order valence-corrected chi connectivity index (χ3v) is 2.45. The molecule has 0 aromatic heterocycles. The van der Waals surface area contributed by atoms with Crippen LogP contribution in [0.4, 0.5) is 0 Å². The number of aliphatic hydroxyl groups is 1. The lowest BCUT2D eigenvalue weighted by atomic mass is 10.1. The number of aliphatic hydroxyl groups excluding tert-OH is 1. The summed E-state index contributed by atoms with van der Waals surface area (Å²) < 4.78 is 0. The molecule has 0 bridgehead atoms. The van der Waals surface area contributed by atoms with Crippen molar-refractivity contribution in [2.24, 2.45) is 0 Å². The summed E-state index contributed by atoms with van der Waals surface area (Å²) >= 11 is 0. The van der Waals surface area contributed by atoms with Gasteiger partial charge >= 0.3 is 11.9 Å². The van der Waals surface area contributed by atoms with E-state index in [2.05, 4.69) is 5.32 Å². The summed E-state index contributed by atoms with van der Waals surface area (Å²) in [6, 6.07) is 0. The lowest BCUT2D eigenvalue weighted by Gasteiger charge is -1.98. The van der Waals surface area contributed by atoms with Crippen molar-refractivity contribution in [3.8, 4) is 0 Å². The minimum absolute atomic E-state index is 0.245. The molecule has 1 atom stereocenters. The van der Waals surface area contributed by atoms with Crippen LogP contribution in [0.1, 0.15) is 58.3 Å². The van der Waals surface area contributed by atoms with Crippen molar-refractivity contribution in [2.45, 2.75) is 64.5 Å². The molecule has 0 radical (unpaired) electrons. The molecule has 1 unspecified atom stereocenters. The van der Waals surface area contributed by atoms with Gasteiger partial charge in [-0.25, -0.2) is 0 Å². The Balaban J connectivity index is 0. The van der Waals surface area contributed by atoms with Crippen LogP contribution in [-0.4, -0.2) is 40.5 Å². The maximum atomic E-state index is 10.1. The second-order valence-electron chi connectivity index (χ2n) is 4.37. The molecule has 0 amide bonds. The van der Waals surface area contributed by atoms with Crippen molar-refractivity contribution in [3.05, 3.63) is 0 Å². The van der Waals surface area contributed by atoms with Crippen LogP contribution in [-0.2, 0) is 9.59 Å². The molecule has 114 valence electrons. The highest BCUT2D eigenvalue weighted by Gasteiger charge is 1.98. The van der Waals surface area contributed by atoms with Gasteiger partial charge in [0.2, 0.25) is 0 Å². The summed E-state index contributed by atoms with van der Waals surface area (Å²) in [5.41, 5.74) is 0. The molecule has 0 aliphatic heterocycles. The molecule has 6 nitrogen and oxygen atoms in total. The molecule has 0 heterocycles. The monoisotopic (exact) mass is 277 g/mol. The van der Waals surface area contributed by atoms with Crippen LogP contribution < -0.4 is 5.32 Å². The van der Waals surface area contributed by atoms with Crippen LogP contribution in [0.5, 0.6) is 0 Å². The maximum absolute atomic E-state index is 10.1. The summed E-state index contributed by atoms with van der Waals surface area (Å²) in [7, 11) is 1.70. The van der Waals surface area contributed by atoms with E-state index in [-0.39, 0.29) is 19.1 Å². The van der Waals surface area contributed by atoms with Gasteiger partial charge in [0.15, 0.2) is 0 Å². The Morgan fingerprint density at radius 3 is 1.37 bits per heavy atom. The molecule has 0 saturated carbocycles. The summed E-state index contributed by atoms with van der Waals surface area (Å²) in [6.07, 6.45) is 5.46. The second kappa shape index (κ2) is 14.9. The third kappa shape index (κ3) is 26.5. The van der Waals surface area contributed by atoms with Gasteiger partial charge in [-0.05, 0) is 26.8 Å². The van der Waals surface area contributed by atoms with E-state index in [0.29, 0.717) is 0 Å². The zero-order valence-corrected chi connectivity index (χ0v) is 11.9. The molecule has 0 saturated heterocycles. The Bertz CT molecular complexity index is 211. The van der Waals surface area contributed by atoms with E-state index in [4.69, 9.17) is 15.3 Å². The highest BCUT2D eigenvalue weighted by molar-refractivity contribution is 5.66. The maximum Gasteiger partial charge on any atom is 0.303 e. The minimum Gasteiger partial charge on any atom is -0.481 e. The van der Waals surface area contributed by atoms with E-state index >= 15 is 0 Å². The summed E-state index contributed by atoms with van der Waals surface area (Å²) in [5.74, 6) is -1.48. The molecule has 4 N–H and O–H groups in total. The number of unbranched alkanes of at least 4 members (excludes halogenated alkanes) is 5. The first-order chi connectivity index (χ1) is 8.90. The Labute approximate surface area is 114 Å². The predicted octanol–water partition coefficient (Wildman–Crippen LogP) is 1.82. The van der Waals surface area contributed by atoms with Gasteiger partial charge in [-0.2, -0.15) is 0 Å².